The number of thiazole rings is 1. The first-order valence-corrected chi connectivity index (χ1v) is 7.05. The van der Waals surface area contributed by atoms with Gasteiger partial charge in [-0.25, -0.2) is 9.78 Å². The molecular formula is C12H17N3O3S. The normalized spacial score (nSPS) is 14.2. The van der Waals surface area contributed by atoms with E-state index in [0.29, 0.717) is 6.54 Å². The number of amides is 2. The summed E-state index contributed by atoms with van der Waals surface area (Å²) < 4.78 is 0. The van der Waals surface area contributed by atoms with Gasteiger partial charge in [-0.15, -0.1) is 11.3 Å². The van der Waals surface area contributed by atoms with Gasteiger partial charge in [0.25, 0.3) is 0 Å². The summed E-state index contributed by atoms with van der Waals surface area (Å²) in [6.45, 7) is 2.63. The fourth-order valence-corrected chi connectivity index (χ4v) is 2.51. The van der Waals surface area contributed by atoms with Crippen LogP contribution in [0, 0.1) is 6.92 Å². The molecule has 1 aromatic heterocycles. The van der Waals surface area contributed by atoms with E-state index < -0.39 is 5.97 Å². The summed E-state index contributed by atoms with van der Waals surface area (Å²) in [5, 5.41) is 12.4. The molecule has 104 valence electrons. The molecule has 0 aromatic carbocycles. The van der Waals surface area contributed by atoms with Crippen LogP contribution in [0.3, 0.4) is 0 Å². The van der Waals surface area contributed by atoms with E-state index >= 15 is 0 Å². The Hall–Kier alpha value is -1.63. The molecule has 1 aromatic rings. The van der Waals surface area contributed by atoms with Gasteiger partial charge in [-0.1, -0.05) is 0 Å². The van der Waals surface area contributed by atoms with Crippen molar-refractivity contribution in [3.05, 3.63) is 16.1 Å². The number of nitrogens with one attached hydrogen (secondary N) is 1. The van der Waals surface area contributed by atoms with E-state index in [1.807, 2.05) is 6.92 Å². The smallest absolute Gasteiger partial charge is 0.318 e. The van der Waals surface area contributed by atoms with E-state index in [2.05, 4.69) is 10.3 Å². The fourth-order valence-electron chi connectivity index (χ4n) is 1.79. The minimum atomic E-state index is -0.881. The van der Waals surface area contributed by atoms with Gasteiger partial charge >= 0.3 is 12.0 Å². The van der Waals surface area contributed by atoms with Crippen molar-refractivity contribution in [3.63, 3.8) is 0 Å². The van der Waals surface area contributed by atoms with E-state index in [4.69, 9.17) is 5.11 Å². The summed E-state index contributed by atoms with van der Waals surface area (Å²) in [5.41, 5.74) is 0. The fraction of sp³-hybridized carbons (Fsp3) is 0.583. The molecule has 0 radical (unpaired) electrons. The maximum atomic E-state index is 12.0. The zero-order valence-electron chi connectivity index (χ0n) is 10.8. The molecule has 1 aliphatic carbocycles. The molecule has 0 saturated heterocycles. The summed E-state index contributed by atoms with van der Waals surface area (Å²) in [6, 6.07) is 0.00832. The lowest BCUT2D eigenvalue weighted by molar-refractivity contribution is -0.137. The van der Waals surface area contributed by atoms with Crippen LogP contribution in [0.15, 0.2) is 6.20 Å². The van der Waals surface area contributed by atoms with Crippen molar-refractivity contribution in [2.45, 2.75) is 38.8 Å². The highest BCUT2D eigenvalue weighted by Gasteiger charge is 2.32. The third-order valence-corrected chi connectivity index (χ3v) is 3.79. The zero-order chi connectivity index (χ0) is 13.8. The number of aromatic nitrogens is 1. The van der Waals surface area contributed by atoms with Crippen molar-refractivity contribution in [1.82, 2.24) is 15.2 Å². The number of carboxylic acids is 1. The molecule has 1 fully saturated rings. The molecule has 0 spiro atoms. The second kappa shape index (κ2) is 6.01. The largest absolute Gasteiger partial charge is 0.481 e. The molecule has 1 heterocycles. The maximum absolute atomic E-state index is 12.0. The number of carbonyl (C=O) groups is 2. The Morgan fingerprint density at radius 2 is 2.32 bits per heavy atom. The quantitative estimate of drug-likeness (QED) is 0.830. The Balaban J connectivity index is 1.83. The standard InChI is InChI=1S/C12H17N3O3S/c1-8-6-13-10(19-8)7-14-12(18)15(9-2-3-9)5-4-11(16)17/h6,9H,2-5,7H2,1H3,(H,14,18)(H,16,17). The first-order valence-electron chi connectivity index (χ1n) is 6.24. The van der Waals surface area contributed by atoms with E-state index in [9.17, 15) is 9.59 Å². The number of urea groups is 1. The minimum absolute atomic E-state index is 0.0136. The van der Waals surface area contributed by atoms with E-state index in [0.717, 1.165) is 22.7 Å². The number of carboxylic acid groups (broad SMARTS) is 1. The molecule has 2 amide bonds. The molecule has 0 aliphatic heterocycles. The van der Waals surface area contributed by atoms with Crippen LogP contribution >= 0.6 is 11.3 Å². The molecule has 2 rings (SSSR count). The van der Waals surface area contributed by atoms with Crippen LogP contribution in [0.25, 0.3) is 0 Å². The van der Waals surface area contributed by atoms with Crippen molar-refractivity contribution in [1.29, 1.82) is 0 Å². The number of aryl methyl sites for hydroxylation is 1. The molecule has 1 aliphatic rings. The molecule has 1 saturated carbocycles. The van der Waals surface area contributed by atoms with Gasteiger partial charge in [0.2, 0.25) is 0 Å². The van der Waals surface area contributed by atoms with Gasteiger partial charge in [0, 0.05) is 23.7 Å². The van der Waals surface area contributed by atoms with Crippen molar-refractivity contribution >= 4 is 23.3 Å². The number of hydrogen-bond donors (Lipinski definition) is 2. The van der Waals surface area contributed by atoms with E-state index in [1.54, 1.807) is 22.4 Å². The monoisotopic (exact) mass is 283 g/mol. The van der Waals surface area contributed by atoms with Gasteiger partial charge in [0.1, 0.15) is 5.01 Å². The highest BCUT2D eigenvalue weighted by molar-refractivity contribution is 7.11. The lowest BCUT2D eigenvalue weighted by Crippen LogP contribution is -2.42. The van der Waals surface area contributed by atoms with E-state index in [1.165, 1.54) is 0 Å². The first-order chi connectivity index (χ1) is 9.06. The van der Waals surface area contributed by atoms with Crippen molar-refractivity contribution in [3.8, 4) is 0 Å². The summed E-state index contributed by atoms with van der Waals surface area (Å²) in [4.78, 5) is 29.5. The van der Waals surface area contributed by atoms with E-state index in [-0.39, 0.29) is 25.0 Å². The lowest BCUT2D eigenvalue weighted by atomic mass is 10.4. The van der Waals surface area contributed by atoms with Gasteiger partial charge < -0.3 is 15.3 Å². The van der Waals surface area contributed by atoms with Crippen LogP contribution in [-0.4, -0.2) is 39.6 Å². The SMILES string of the molecule is Cc1cnc(CNC(=O)N(CCC(=O)O)C2CC2)s1. The van der Waals surface area contributed by atoms with Gasteiger partial charge in [0.05, 0.1) is 13.0 Å². The molecule has 7 heteroatoms. The second-order valence-corrected chi connectivity index (χ2v) is 5.91. The third-order valence-electron chi connectivity index (χ3n) is 2.88. The molecule has 19 heavy (non-hydrogen) atoms. The molecule has 0 bridgehead atoms. The van der Waals surface area contributed by atoms with Crippen LogP contribution in [0.1, 0.15) is 29.1 Å². The highest BCUT2D eigenvalue weighted by Crippen LogP contribution is 2.27. The number of nitrogens with zero attached hydrogens (tertiary/aromatic N) is 2. The Labute approximate surface area is 115 Å². The first kappa shape index (κ1) is 13.8. The molecule has 0 unspecified atom stereocenters. The predicted molar refractivity (Wildman–Crippen MR) is 71.1 cm³/mol. The van der Waals surface area contributed by atoms with Crippen molar-refractivity contribution in [2.24, 2.45) is 0 Å². The Morgan fingerprint density at radius 1 is 1.58 bits per heavy atom. The number of aliphatic carboxylic acids is 1. The summed E-state index contributed by atoms with van der Waals surface area (Å²) in [5.74, 6) is -0.881. The number of rotatable bonds is 6. The van der Waals surface area contributed by atoms with Gasteiger partial charge in [0.15, 0.2) is 0 Å². The van der Waals surface area contributed by atoms with Crippen LogP contribution in [0.5, 0.6) is 0 Å². The highest BCUT2D eigenvalue weighted by atomic mass is 32.1. The Kier molecular flexibility index (Phi) is 4.36. The second-order valence-electron chi connectivity index (χ2n) is 4.59. The average molecular weight is 283 g/mol. The topological polar surface area (TPSA) is 82.5 Å². The number of hydrogen-bond acceptors (Lipinski definition) is 4. The van der Waals surface area contributed by atoms with Gasteiger partial charge in [-0.2, -0.15) is 0 Å². The Morgan fingerprint density at radius 3 is 2.84 bits per heavy atom. The minimum Gasteiger partial charge on any atom is -0.481 e. The summed E-state index contributed by atoms with van der Waals surface area (Å²) in [7, 11) is 0. The zero-order valence-corrected chi connectivity index (χ0v) is 11.6. The third kappa shape index (κ3) is 4.20. The van der Waals surface area contributed by atoms with Crippen molar-refractivity contribution in [2.75, 3.05) is 6.54 Å². The maximum Gasteiger partial charge on any atom is 0.318 e. The van der Waals surface area contributed by atoms with Crippen LogP contribution < -0.4 is 5.32 Å². The molecule has 6 nitrogen and oxygen atoms in total. The summed E-state index contributed by atoms with van der Waals surface area (Å²) in [6.07, 6.45) is 3.68. The van der Waals surface area contributed by atoms with Crippen molar-refractivity contribution < 1.29 is 14.7 Å². The molecular weight excluding hydrogens is 266 g/mol. The van der Waals surface area contributed by atoms with Crippen LogP contribution in [-0.2, 0) is 11.3 Å². The Bertz CT molecular complexity index is 471. The molecule has 0 atom stereocenters. The summed E-state index contributed by atoms with van der Waals surface area (Å²) >= 11 is 1.55. The van der Waals surface area contributed by atoms with Gasteiger partial charge in [-0.05, 0) is 19.8 Å². The number of carbonyl (C=O) groups excluding carboxylic acids is 1. The van der Waals surface area contributed by atoms with Crippen LogP contribution in [0.4, 0.5) is 4.79 Å². The van der Waals surface area contributed by atoms with Crippen LogP contribution in [0.2, 0.25) is 0 Å². The predicted octanol–water partition coefficient (Wildman–Crippen LogP) is 1.60. The average Bonchev–Trinajstić information content (AvgIpc) is 3.09. The van der Waals surface area contributed by atoms with Gasteiger partial charge in [-0.3, -0.25) is 4.79 Å². The lowest BCUT2D eigenvalue weighted by Gasteiger charge is -2.21. The molecule has 2 N–H and O–H groups in total.